The van der Waals surface area contributed by atoms with Gasteiger partial charge in [0.05, 0.1) is 0 Å². The normalized spacial score (nSPS) is 19.9. The molecule has 1 atom stereocenters. The van der Waals surface area contributed by atoms with Crippen molar-refractivity contribution >= 4 is 47.7 Å². The quantitative estimate of drug-likeness (QED) is 0.548. The highest BCUT2D eigenvalue weighted by Crippen LogP contribution is 2.41. The Bertz CT molecular complexity index is 763. The smallest absolute Gasteiger partial charge is 0.00797 e. The zero-order chi connectivity index (χ0) is 12.8. The molecule has 0 N–H and O–H groups in total. The second kappa shape index (κ2) is 4.41. The molecule has 0 spiro atoms. The van der Waals surface area contributed by atoms with Crippen LogP contribution in [0.4, 0.5) is 0 Å². The fourth-order valence-corrected chi connectivity index (χ4v) is 5.05. The summed E-state index contributed by atoms with van der Waals surface area (Å²) in [5, 5.41) is 2.82. The molecule has 94 valence electrons. The van der Waals surface area contributed by atoms with E-state index in [-0.39, 0.29) is 20.7 Å². The number of hydrogen-bond donors (Lipinski definition) is 0. The van der Waals surface area contributed by atoms with Gasteiger partial charge in [-0.1, -0.05) is 64.1 Å². The molecule has 0 radical (unpaired) electrons. The Morgan fingerprint density at radius 3 is 2.63 bits per heavy atom. The SMILES string of the molecule is CC1CC=Cc2c1c1c(c3ccccc23)C=CI=C1. The molecule has 1 heteroatoms. The first-order valence-electron chi connectivity index (χ1n) is 6.73. The summed E-state index contributed by atoms with van der Waals surface area (Å²) in [4.78, 5) is 0. The third-order valence-electron chi connectivity index (χ3n) is 4.12. The summed E-state index contributed by atoms with van der Waals surface area (Å²) in [7, 11) is 0. The minimum atomic E-state index is 0.103. The Labute approximate surface area is 123 Å². The van der Waals surface area contributed by atoms with Crippen molar-refractivity contribution in [2.45, 2.75) is 19.3 Å². The fraction of sp³-hybridized carbons (Fsp3) is 0.167. The second-order valence-corrected chi connectivity index (χ2v) is 7.33. The number of halogens is 1. The van der Waals surface area contributed by atoms with Gasteiger partial charge in [0, 0.05) is 0 Å². The van der Waals surface area contributed by atoms with Crippen LogP contribution in [0, 0.1) is 0 Å². The van der Waals surface area contributed by atoms with Gasteiger partial charge in [0.2, 0.25) is 0 Å². The first-order valence-corrected chi connectivity index (χ1v) is 9.22. The molecule has 0 amide bonds. The van der Waals surface area contributed by atoms with Gasteiger partial charge in [-0.25, -0.2) is 0 Å². The summed E-state index contributed by atoms with van der Waals surface area (Å²) >= 11 is 0.103. The van der Waals surface area contributed by atoms with Gasteiger partial charge in [-0.3, -0.25) is 0 Å². The van der Waals surface area contributed by atoms with Crippen LogP contribution in [0.15, 0.2) is 34.4 Å². The Morgan fingerprint density at radius 1 is 1.00 bits per heavy atom. The lowest BCUT2D eigenvalue weighted by Gasteiger charge is -2.25. The highest BCUT2D eigenvalue weighted by molar-refractivity contribution is 14.2. The van der Waals surface area contributed by atoms with Gasteiger partial charge in [0.15, 0.2) is 0 Å². The molecule has 1 heterocycles. The molecule has 0 saturated heterocycles. The molecule has 2 aromatic carbocycles. The van der Waals surface area contributed by atoms with Crippen LogP contribution in [-0.4, -0.2) is 4.01 Å². The Balaban J connectivity index is 2.24. The van der Waals surface area contributed by atoms with Crippen molar-refractivity contribution in [2.24, 2.45) is 0 Å². The monoisotopic (exact) mass is 358 g/mol. The number of fused-ring (bicyclic) bond motifs is 6. The largest absolute Gasteiger partial charge is 0.0931 e. The summed E-state index contributed by atoms with van der Waals surface area (Å²) < 4.78 is 4.89. The van der Waals surface area contributed by atoms with Gasteiger partial charge in [-0.15, -0.1) is 0 Å². The van der Waals surface area contributed by atoms with Crippen LogP contribution in [0.5, 0.6) is 0 Å². The summed E-state index contributed by atoms with van der Waals surface area (Å²) in [6.07, 6.45) is 8.20. The third kappa shape index (κ3) is 1.68. The van der Waals surface area contributed by atoms with Gasteiger partial charge >= 0.3 is 0 Å². The number of rotatable bonds is 0. The minimum Gasteiger partial charge on any atom is -0.0931 e. The molecule has 0 saturated carbocycles. The van der Waals surface area contributed by atoms with E-state index in [1.54, 1.807) is 5.56 Å². The molecule has 0 bridgehead atoms. The molecular formula is C18H15I. The van der Waals surface area contributed by atoms with E-state index < -0.39 is 0 Å². The molecule has 0 aromatic heterocycles. The molecular weight excluding hydrogens is 343 g/mol. The Morgan fingerprint density at radius 2 is 1.79 bits per heavy atom. The fourth-order valence-electron chi connectivity index (χ4n) is 3.25. The summed E-state index contributed by atoms with van der Waals surface area (Å²) in [5.74, 6) is 0.644. The third-order valence-corrected chi connectivity index (χ3v) is 5.88. The van der Waals surface area contributed by atoms with E-state index in [9.17, 15) is 0 Å². The van der Waals surface area contributed by atoms with Crippen LogP contribution in [0.3, 0.4) is 0 Å². The van der Waals surface area contributed by atoms with E-state index in [1.807, 2.05) is 0 Å². The van der Waals surface area contributed by atoms with Crippen LogP contribution in [0.2, 0.25) is 0 Å². The minimum absolute atomic E-state index is 0.103. The van der Waals surface area contributed by atoms with E-state index in [0.717, 1.165) is 0 Å². The van der Waals surface area contributed by atoms with Crippen LogP contribution in [-0.2, 0) is 0 Å². The standard InChI is InChI=1S/C18H15I/c1-12-5-4-8-16-14-7-3-2-6-13(14)15-9-10-19-11-17(15)18(12)16/h2-4,6-12H,5H2,1H3. The number of benzene rings is 2. The highest BCUT2D eigenvalue weighted by atomic mass is 127. The van der Waals surface area contributed by atoms with Crippen LogP contribution in [0.25, 0.3) is 22.9 Å². The highest BCUT2D eigenvalue weighted by Gasteiger charge is 2.21. The molecule has 1 aliphatic heterocycles. The van der Waals surface area contributed by atoms with Crippen molar-refractivity contribution in [1.82, 2.24) is 0 Å². The van der Waals surface area contributed by atoms with Gasteiger partial charge in [-0.05, 0) is 59.5 Å². The van der Waals surface area contributed by atoms with E-state index in [1.165, 1.54) is 33.9 Å². The first-order chi connectivity index (χ1) is 9.36. The van der Waals surface area contributed by atoms with Crippen molar-refractivity contribution in [1.29, 1.82) is 0 Å². The van der Waals surface area contributed by atoms with E-state index >= 15 is 0 Å². The van der Waals surface area contributed by atoms with Crippen LogP contribution < -0.4 is 0 Å². The first kappa shape index (κ1) is 11.6. The van der Waals surface area contributed by atoms with Crippen LogP contribution >= 0.6 is 20.7 Å². The van der Waals surface area contributed by atoms with E-state index in [4.69, 9.17) is 0 Å². The molecule has 0 nitrogen and oxygen atoms in total. The van der Waals surface area contributed by atoms with Gasteiger partial charge < -0.3 is 0 Å². The van der Waals surface area contributed by atoms with Crippen molar-refractivity contribution < 1.29 is 0 Å². The van der Waals surface area contributed by atoms with Gasteiger partial charge in [-0.2, -0.15) is 0 Å². The van der Waals surface area contributed by atoms with Crippen LogP contribution in [0.1, 0.15) is 41.5 Å². The zero-order valence-electron chi connectivity index (χ0n) is 10.9. The molecule has 1 unspecified atom stereocenters. The average Bonchev–Trinajstić information content (AvgIpc) is 2.47. The maximum atomic E-state index is 2.51. The van der Waals surface area contributed by atoms with E-state index in [0.29, 0.717) is 5.92 Å². The molecule has 4 rings (SSSR count). The lowest BCUT2D eigenvalue weighted by Crippen LogP contribution is -2.08. The summed E-state index contributed by atoms with van der Waals surface area (Å²) in [5.41, 5.74) is 6.02. The molecule has 2 aliphatic rings. The number of hydrogen-bond acceptors (Lipinski definition) is 0. The predicted octanol–water partition coefficient (Wildman–Crippen LogP) is 5.47. The Hall–Kier alpha value is -1.22. The average molecular weight is 358 g/mol. The lowest BCUT2D eigenvalue weighted by molar-refractivity contribution is 0.772. The van der Waals surface area contributed by atoms with Crippen molar-refractivity contribution in [3.05, 3.63) is 56.7 Å². The Kier molecular flexibility index (Phi) is 2.69. The van der Waals surface area contributed by atoms with E-state index in [2.05, 4.69) is 57.5 Å². The molecule has 1 aliphatic carbocycles. The van der Waals surface area contributed by atoms with Crippen molar-refractivity contribution in [3.8, 4) is 0 Å². The molecule has 0 fully saturated rings. The summed E-state index contributed by atoms with van der Waals surface area (Å²) in [6, 6.07) is 8.85. The number of allylic oxidation sites excluding steroid dienone is 1. The predicted molar refractivity (Wildman–Crippen MR) is 94.2 cm³/mol. The second-order valence-electron chi connectivity index (χ2n) is 5.27. The molecule has 19 heavy (non-hydrogen) atoms. The lowest BCUT2D eigenvalue weighted by atomic mass is 9.80. The zero-order valence-corrected chi connectivity index (χ0v) is 13.0. The van der Waals surface area contributed by atoms with Crippen molar-refractivity contribution in [2.75, 3.05) is 0 Å². The van der Waals surface area contributed by atoms with Gasteiger partial charge in [0.1, 0.15) is 0 Å². The molecule has 2 aromatic rings. The summed E-state index contributed by atoms with van der Waals surface area (Å²) in [6.45, 7) is 2.36. The topological polar surface area (TPSA) is 0 Å². The maximum absolute atomic E-state index is 2.51. The maximum Gasteiger partial charge on any atom is -0.00797 e. The van der Waals surface area contributed by atoms with Gasteiger partial charge in [0.25, 0.3) is 0 Å². The van der Waals surface area contributed by atoms with Crippen molar-refractivity contribution in [3.63, 3.8) is 0 Å².